The van der Waals surface area contributed by atoms with Gasteiger partial charge < -0.3 is 5.73 Å². The molecule has 144 valence electrons. The Morgan fingerprint density at radius 2 is 1.76 bits per heavy atom. The molecule has 2 heterocycles. The second-order valence-electron chi connectivity index (χ2n) is 6.29. The Morgan fingerprint density at radius 3 is 2.59 bits per heavy atom. The number of rotatable bonds is 5. The average Bonchev–Trinajstić information content (AvgIpc) is 3.21. The van der Waals surface area contributed by atoms with E-state index in [9.17, 15) is 13.2 Å². The molecule has 0 aliphatic heterocycles. The fourth-order valence-electron chi connectivity index (χ4n) is 3.18. The van der Waals surface area contributed by atoms with Gasteiger partial charge in [0.1, 0.15) is 0 Å². The zero-order valence-corrected chi connectivity index (χ0v) is 16.8. The van der Waals surface area contributed by atoms with E-state index in [-0.39, 0.29) is 9.79 Å². The molecule has 1 amide bonds. The number of aromatic nitrogens is 1. The number of hydrogen-bond donors (Lipinski definition) is 1. The number of fused-ring (bicyclic) bond motifs is 1. The van der Waals surface area contributed by atoms with Gasteiger partial charge in [-0.1, -0.05) is 30.3 Å². The molecule has 0 spiro atoms. The van der Waals surface area contributed by atoms with Crippen molar-refractivity contribution in [3.63, 3.8) is 0 Å². The standard InChI is InChI=1S/C22H16N2O3S2/c23-21(25)9-8-16-14-24-12-10-17(16)18-5-1-2-6-19(18)29(26,27)20-7-3-4-15-11-13-28-22(15)20/h1-14H,(H2,23,25)/b9-8+. The van der Waals surface area contributed by atoms with E-state index in [1.807, 2.05) is 17.5 Å². The van der Waals surface area contributed by atoms with Crippen molar-refractivity contribution in [3.8, 4) is 11.1 Å². The number of nitrogens with two attached hydrogens (primary N) is 1. The molecule has 0 saturated heterocycles. The molecule has 0 atom stereocenters. The predicted molar refractivity (Wildman–Crippen MR) is 115 cm³/mol. The van der Waals surface area contributed by atoms with Crippen molar-refractivity contribution in [1.82, 2.24) is 4.98 Å². The van der Waals surface area contributed by atoms with Gasteiger partial charge in [-0.05, 0) is 46.7 Å². The highest BCUT2D eigenvalue weighted by Crippen LogP contribution is 2.37. The topological polar surface area (TPSA) is 90.1 Å². The second kappa shape index (κ2) is 7.62. The van der Waals surface area contributed by atoms with Gasteiger partial charge in [0, 0.05) is 29.6 Å². The first kappa shape index (κ1) is 19.0. The Hall–Kier alpha value is -3.29. The summed E-state index contributed by atoms with van der Waals surface area (Å²) in [6, 6.07) is 15.7. The minimum atomic E-state index is -3.79. The van der Waals surface area contributed by atoms with Gasteiger partial charge in [0.15, 0.2) is 0 Å². The third-order valence-corrected chi connectivity index (χ3v) is 7.43. The molecule has 4 aromatic rings. The summed E-state index contributed by atoms with van der Waals surface area (Å²) in [4.78, 5) is 15.7. The highest BCUT2D eigenvalue weighted by molar-refractivity contribution is 7.92. The molecule has 7 heteroatoms. The molecule has 29 heavy (non-hydrogen) atoms. The smallest absolute Gasteiger partial charge is 0.241 e. The van der Waals surface area contributed by atoms with Crippen LogP contribution >= 0.6 is 11.3 Å². The Labute approximate surface area is 172 Å². The van der Waals surface area contributed by atoms with Gasteiger partial charge in [0.2, 0.25) is 15.7 Å². The van der Waals surface area contributed by atoms with Crippen molar-refractivity contribution in [3.05, 3.63) is 84.0 Å². The van der Waals surface area contributed by atoms with Crippen LogP contribution in [0.4, 0.5) is 0 Å². The fraction of sp³-hybridized carbons (Fsp3) is 0. The average molecular weight is 421 g/mol. The molecule has 2 aromatic heterocycles. The number of nitrogens with zero attached hydrogens (tertiary/aromatic N) is 1. The largest absolute Gasteiger partial charge is 0.366 e. The van der Waals surface area contributed by atoms with Crippen molar-refractivity contribution in [1.29, 1.82) is 0 Å². The SMILES string of the molecule is NC(=O)/C=C/c1cnccc1-c1ccccc1S(=O)(=O)c1cccc2ccsc12. The summed E-state index contributed by atoms with van der Waals surface area (Å²) in [6.45, 7) is 0. The van der Waals surface area contributed by atoms with Gasteiger partial charge >= 0.3 is 0 Å². The number of amides is 1. The lowest BCUT2D eigenvalue weighted by Crippen LogP contribution is -2.06. The fourth-order valence-corrected chi connectivity index (χ4v) is 6.04. The summed E-state index contributed by atoms with van der Waals surface area (Å²) in [5.41, 5.74) is 6.99. The van der Waals surface area contributed by atoms with Crippen LogP contribution in [0.2, 0.25) is 0 Å². The first-order valence-corrected chi connectivity index (χ1v) is 11.1. The maximum absolute atomic E-state index is 13.6. The first-order chi connectivity index (χ1) is 14.0. The number of thiophene rings is 1. The quantitative estimate of drug-likeness (QED) is 0.488. The summed E-state index contributed by atoms with van der Waals surface area (Å²) in [6.07, 6.45) is 5.91. The summed E-state index contributed by atoms with van der Waals surface area (Å²) in [5.74, 6) is -0.593. The molecule has 5 nitrogen and oxygen atoms in total. The third-order valence-electron chi connectivity index (χ3n) is 4.48. The Bertz CT molecular complexity index is 1360. The number of carbonyl (C=O) groups is 1. The van der Waals surface area contributed by atoms with Crippen LogP contribution in [0.15, 0.2) is 88.2 Å². The monoisotopic (exact) mass is 420 g/mol. The molecule has 0 aliphatic rings. The van der Waals surface area contributed by atoms with E-state index in [1.165, 1.54) is 23.5 Å². The van der Waals surface area contributed by atoms with Crippen LogP contribution in [0.1, 0.15) is 5.56 Å². The molecular weight excluding hydrogens is 404 g/mol. The van der Waals surface area contributed by atoms with Gasteiger partial charge in [-0.2, -0.15) is 0 Å². The van der Waals surface area contributed by atoms with Gasteiger partial charge in [-0.15, -0.1) is 11.3 Å². The number of sulfone groups is 1. The van der Waals surface area contributed by atoms with Crippen LogP contribution in [0, 0.1) is 0 Å². The van der Waals surface area contributed by atoms with Gasteiger partial charge in [-0.3, -0.25) is 9.78 Å². The Balaban J connectivity index is 1.94. The number of pyridine rings is 1. The zero-order chi connectivity index (χ0) is 20.4. The van der Waals surface area contributed by atoms with Crippen LogP contribution in [-0.2, 0) is 14.6 Å². The highest BCUT2D eigenvalue weighted by Gasteiger charge is 2.25. The second-order valence-corrected chi connectivity index (χ2v) is 9.10. The summed E-state index contributed by atoms with van der Waals surface area (Å²) in [5, 5.41) is 2.77. The van der Waals surface area contributed by atoms with Crippen molar-refractivity contribution in [2.75, 3.05) is 0 Å². The van der Waals surface area contributed by atoms with Crippen LogP contribution < -0.4 is 5.73 Å². The summed E-state index contributed by atoms with van der Waals surface area (Å²) < 4.78 is 28.0. The van der Waals surface area contributed by atoms with E-state index in [1.54, 1.807) is 54.9 Å². The molecule has 2 aromatic carbocycles. The van der Waals surface area contributed by atoms with Crippen LogP contribution in [-0.4, -0.2) is 19.3 Å². The van der Waals surface area contributed by atoms with Gasteiger partial charge in [0.05, 0.1) is 14.5 Å². The van der Waals surface area contributed by atoms with E-state index in [4.69, 9.17) is 5.73 Å². The van der Waals surface area contributed by atoms with E-state index in [0.717, 1.165) is 10.1 Å². The van der Waals surface area contributed by atoms with Crippen LogP contribution in [0.3, 0.4) is 0 Å². The maximum atomic E-state index is 13.6. The van der Waals surface area contributed by atoms with E-state index < -0.39 is 15.7 Å². The molecule has 0 saturated carbocycles. The normalized spacial score (nSPS) is 11.9. The number of carbonyl (C=O) groups excluding carboxylic acids is 1. The lowest BCUT2D eigenvalue weighted by molar-refractivity contribution is -0.113. The lowest BCUT2D eigenvalue weighted by atomic mass is 10.0. The van der Waals surface area contributed by atoms with Crippen molar-refractivity contribution >= 4 is 43.2 Å². The zero-order valence-electron chi connectivity index (χ0n) is 15.1. The molecule has 0 fully saturated rings. The number of primary amides is 1. The molecule has 0 radical (unpaired) electrons. The minimum Gasteiger partial charge on any atom is -0.366 e. The molecule has 4 rings (SSSR count). The van der Waals surface area contributed by atoms with E-state index in [2.05, 4.69) is 4.98 Å². The van der Waals surface area contributed by atoms with Crippen molar-refractivity contribution in [2.24, 2.45) is 5.73 Å². The van der Waals surface area contributed by atoms with E-state index in [0.29, 0.717) is 16.7 Å². The highest BCUT2D eigenvalue weighted by atomic mass is 32.2. The predicted octanol–water partition coefficient (Wildman–Crippen LogP) is 4.29. The molecule has 2 N–H and O–H groups in total. The molecule has 0 aliphatic carbocycles. The summed E-state index contributed by atoms with van der Waals surface area (Å²) >= 11 is 1.40. The minimum absolute atomic E-state index is 0.195. The lowest BCUT2D eigenvalue weighted by Gasteiger charge is -2.13. The van der Waals surface area contributed by atoms with E-state index >= 15 is 0 Å². The summed E-state index contributed by atoms with van der Waals surface area (Å²) in [7, 11) is -3.79. The Kier molecular flexibility index (Phi) is 5.00. The van der Waals surface area contributed by atoms with Crippen molar-refractivity contribution < 1.29 is 13.2 Å². The van der Waals surface area contributed by atoms with Crippen molar-refractivity contribution in [2.45, 2.75) is 9.79 Å². The van der Waals surface area contributed by atoms with Crippen LogP contribution in [0.25, 0.3) is 27.3 Å². The number of benzene rings is 2. The van der Waals surface area contributed by atoms with Gasteiger partial charge in [0.25, 0.3) is 0 Å². The molecule has 0 bridgehead atoms. The molecular formula is C22H16N2O3S2. The first-order valence-electron chi connectivity index (χ1n) is 8.71. The van der Waals surface area contributed by atoms with Crippen LogP contribution in [0.5, 0.6) is 0 Å². The Morgan fingerprint density at radius 1 is 0.966 bits per heavy atom. The third kappa shape index (κ3) is 3.57. The number of hydrogen-bond acceptors (Lipinski definition) is 5. The molecule has 0 unspecified atom stereocenters. The van der Waals surface area contributed by atoms with Gasteiger partial charge in [-0.25, -0.2) is 8.42 Å². The maximum Gasteiger partial charge on any atom is 0.241 e.